The Bertz CT molecular complexity index is 651. The van der Waals surface area contributed by atoms with Crippen molar-refractivity contribution in [3.05, 3.63) is 46.7 Å². The molecule has 0 bridgehead atoms. The van der Waals surface area contributed by atoms with Gasteiger partial charge in [-0.3, -0.25) is 4.79 Å². The molecule has 0 fully saturated rings. The number of esters is 1. The van der Waals surface area contributed by atoms with Gasteiger partial charge in [0.25, 0.3) is 5.91 Å². The number of ether oxygens (including phenoxy) is 1. The molecule has 0 aliphatic heterocycles. The van der Waals surface area contributed by atoms with Crippen molar-refractivity contribution < 1.29 is 18.8 Å². The van der Waals surface area contributed by atoms with Crippen LogP contribution in [-0.4, -0.2) is 23.1 Å². The highest BCUT2D eigenvalue weighted by atomic mass is 35.5. The van der Waals surface area contributed by atoms with Crippen LogP contribution in [0.4, 0.5) is 5.82 Å². The third-order valence-electron chi connectivity index (χ3n) is 2.61. The normalized spacial score (nSPS) is 11.8. The van der Waals surface area contributed by atoms with Gasteiger partial charge in [0.1, 0.15) is 5.76 Å². The molecule has 7 heteroatoms. The SMILES string of the molecule is Cc1cc(NC(=O)C(C)OC(=O)c2ccc(Cl)cc2)no1. The Morgan fingerprint density at radius 3 is 2.57 bits per heavy atom. The molecule has 1 heterocycles. The number of hydrogen-bond donors (Lipinski definition) is 1. The van der Waals surface area contributed by atoms with E-state index in [4.69, 9.17) is 20.9 Å². The van der Waals surface area contributed by atoms with Crippen LogP contribution in [0.2, 0.25) is 5.02 Å². The second-order valence-corrected chi connectivity index (χ2v) is 4.80. The quantitative estimate of drug-likeness (QED) is 0.878. The summed E-state index contributed by atoms with van der Waals surface area (Å²) in [4.78, 5) is 23.7. The zero-order chi connectivity index (χ0) is 15.4. The van der Waals surface area contributed by atoms with E-state index >= 15 is 0 Å². The number of amides is 1. The summed E-state index contributed by atoms with van der Waals surface area (Å²) in [5.74, 6) is -0.265. The molecule has 1 aromatic carbocycles. The lowest BCUT2D eigenvalue weighted by Gasteiger charge is -2.12. The first-order chi connectivity index (χ1) is 9.95. The number of benzene rings is 1. The summed E-state index contributed by atoms with van der Waals surface area (Å²) >= 11 is 5.73. The number of carbonyl (C=O) groups is 2. The topological polar surface area (TPSA) is 81.4 Å². The smallest absolute Gasteiger partial charge is 0.338 e. The van der Waals surface area contributed by atoms with Gasteiger partial charge in [-0.1, -0.05) is 16.8 Å². The lowest BCUT2D eigenvalue weighted by molar-refractivity contribution is -0.123. The zero-order valence-corrected chi connectivity index (χ0v) is 12.2. The third kappa shape index (κ3) is 4.06. The molecule has 6 nitrogen and oxygen atoms in total. The molecule has 0 aliphatic carbocycles. The van der Waals surface area contributed by atoms with Crippen molar-refractivity contribution in [3.8, 4) is 0 Å². The van der Waals surface area contributed by atoms with E-state index in [2.05, 4.69) is 10.5 Å². The molecule has 21 heavy (non-hydrogen) atoms. The third-order valence-corrected chi connectivity index (χ3v) is 2.86. The first-order valence-electron chi connectivity index (χ1n) is 6.16. The van der Waals surface area contributed by atoms with Crippen LogP contribution in [0.1, 0.15) is 23.0 Å². The molecule has 1 N–H and O–H groups in total. The van der Waals surface area contributed by atoms with Crippen molar-refractivity contribution in [1.29, 1.82) is 0 Å². The van der Waals surface area contributed by atoms with Gasteiger partial charge in [-0.15, -0.1) is 0 Å². The van der Waals surface area contributed by atoms with Gasteiger partial charge >= 0.3 is 5.97 Å². The minimum absolute atomic E-state index is 0.270. The number of halogens is 1. The zero-order valence-electron chi connectivity index (χ0n) is 11.4. The minimum Gasteiger partial charge on any atom is -0.449 e. The van der Waals surface area contributed by atoms with E-state index in [9.17, 15) is 9.59 Å². The largest absolute Gasteiger partial charge is 0.449 e. The van der Waals surface area contributed by atoms with Crippen molar-refractivity contribution in [2.75, 3.05) is 5.32 Å². The molecule has 1 aromatic heterocycles. The van der Waals surface area contributed by atoms with E-state index in [0.29, 0.717) is 16.3 Å². The Morgan fingerprint density at radius 1 is 1.33 bits per heavy atom. The molecular weight excluding hydrogens is 296 g/mol. The summed E-state index contributed by atoms with van der Waals surface area (Å²) in [7, 11) is 0. The van der Waals surface area contributed by atoms with Crippen molar-refractivity contribution in [2.24, 2.45) is 0 Å². The van der Waals surface area contributed by atoms with Crippen LogP contribution in [0.3, 0.4) is 0 Å². The van der Waals surface area contributed by atoms with Crippen LogP contribution >= 0.6 is 11.6 Å². The number of carbonyl (C=O) groups excluding carboxylic acids is 2. The lowest BCUT2D eigenvalue weighted by Crippen LogP contribution is -2.30. The number of nitrogens with zero attached hydrogens (tertiary/aromatic N) is 1. The second-order valence-electron chi connectivity index (χ2n) is 4.37. The molecular formula is C14H13ClN2O4. The minimum atomic E-state index is -0.967. The second kappa shape index (κ2) is 6.41. The summed E-state index contributed by atoms with van der Waals surface area (Å²) in [5.41, 5.74) is 0.316. The Labute approximate surface area is 126 Å². The summed E-state index contributed by atoms with van der Waals surface area (Å²) in [6, 6.07) is 7.75. The predicted molar refractivity (Wildman–Crippen MR) is 76.2 cm³/mol. The van der Waals surface area contributed by atoms with Crippen LogP contribution in [-0.2, 0) is 9.53 Å². The van der Waals surface area contributed by atoms with Gasteiger partial charge in [-0.2, -0.15) is 0 Å². The Hall–Kier alpha value is -2.34. The van der Waals surface area contributed by atoms with E-state index < -0.39 is 18.0 Å². The van der Waals surface area contributed by atoms with Gasteiger partial charge in [0.2, 0.25) is 0 Å². The number of hydrogen-bond acceptors (Lipinski definition) is 5. The summed E-state index contributed by atoms with van der Waals surface area (Å²) in [6.45, 7) is 3.17. The van der Waals surface area contributed by atoms with Gasteiger partial charge < -0.3 is 14.6 Å². The van der Waals surface area contributed by atoms with E-state index in [1.807, 2.05) is 0 Å². The summed E-state index contributed by atoms with van der Waals surface area (Å²) in [5, 5.41) is 6.62. The molecule has 0 spiro atoms. The Kier molecular flexibility index (Phi) is 4.59. The van der Waals surface area contributed by atoms with E-state index in [0.717, 1.165) is 0 Å². The van der Waals surface area contributed by atoms with Crippen molar-refractivity contribution in [2.45, 2.75) is 20.0 Å². The van der Waals surface area contributed by atoms with E-state index in [-0.39, 0.29) is 5.82 Å². The fourth-order valence-electron chi connectivity index (χ4n) is 1.52. The summed E-state index contributed by atoms with van der Waals surface area (Å²) in [6.07, 6.45) is -0.967. The molecule has 2 aromatic rings. The molecule has 0 saturated heterocycles. The molecule has 2 rings (SSSR count). The van der Waals surface area contributed by atoms with Gasteiger partial charge in [-0.05, 0) is 38.1 Å². The summed E-state index contributed by atoms with van der Waals surface area (Å²) < 4.78 is 9.89. The fourth-order valence-corrected chi connectivity index (χ4v) is 1.65. The molecule has 1 atom stereocenters. The molecule has 0 radical (unpaired) electrons. The molecule has 1 amide bonds. The average molecular weight is 309 g/mol. The van der Waals surface area contributed by atoms with Crippen LogP contribution < -0.4 is 5.32 Å². The van der Waals surface area contributed by atoms with Crippen LogP contribution in [0.15, 0.2) is 34.9 Å². The predicted octanol–water partition coefficient (Wildman–Crippen LogP) is 2.82. The van der Waals surface area contributed by atoms with Gasteiger partial charge in [0.15, 0.2) is 11.9 Å². The Morgan fingerprint density at radius 2 is 2.00 bits per heavy atom. The van der Waals surface area contributed by atoms with E-state index in [1.54, 1.807) is 25.1 Å². The first-order valence-corrected chi connectivity index (χ1v) is 6.54. The van der Waals surface area contributed by atoms with Gasteiger partial charge in [0.05, 0.1) is 5.56 Å². The highest BCUT2D eigenvalue weighted by Crippen LogP contribution is 2.12. The lowest BCUT2D eigenvalue weighted by atomic mass is 10.2. The number of aryl methyl sites for hydroxylation is 1. The van der Waals surface area contributed by atoms with Crippen molar-refractivity contribution in [3.63, 3.8) is 0 Å². The molecule has 0 aliphatic rings. The number of rotatable bonds is 4. The van der Waals surface area contributed by atoms with Crippen molar-refractivity contribution >= 4 is 29.3 Å². The van der Waals surface area contributed by atoms with Gasteiger partial charge in [0, 0.05) is 11.1 Å². The first kappa shape index (κ1) is 15.1. The highest BCUT2D eigenvalue weighted by Gasteiger charge is 2.20. The number of aromatic nitrogens is 1. The Balaban J connectivity index is 1.93. The molecule has 1 unspecified atom stereocenters. The fraction of sp³-hybridized carbons (Fsp3) is 0.214. The maximum atomic E-state index is 11.9. The maximum absolute atomic E-state index is 11.9. The van der Waals surface area contributed by atoms with Gasteiger partial charge in [-0.25, -0.2) is 4.79 Å². The van der Waals surface area contributed by atoms with Crippen LogP contribution in [0.25, 0.3) is 0 Å². The van der Waals surface area contributed by atoms with Crippen molar-refractivity contribution in [1.82, 2.24) is 5.16 Å². The number of nitrogens with one attached hydrogen (secondary N) is 1. The van der Waals surface area contributed by atoms with E-state index in [1.165, 1.54) is 19.1 Å². The van der Waals surface area contributed by atoms with Crippen LogP contribution in [0.5, 0.6) is 0 Å². The number of anilines is 1. The maximum Gasteiger partial charge on any atom is 0.338 e. The van der Waals surface area contributed by atoms with Crippen LogP contribution in [0, 0.1) is 6.92 Å². The molecule has 110 valence electrons. The molecule has 0 saturated carbocycles. The highest BCUT2D eigenvalue weighted by molar-refractivity contribution is 6.30. The standard InChI is InChI=1S/C14H13ClN2O4/c1-8-7-12(17-21-8)16-13(18)9(2)20-14(19)10-3-5-11(15)6-4-10/h3-7,9H,1-2H3,(H,16,17,18). The average Bonchev–Trinajstić information content (AvgIpc) is 2.84. The monoisotopic (exact) mass is 308 g/mol.